The lowest BCUT2D eigenvalue weighted by Crippen LogP contribution is -1.92. The third kappa shape index (κ3) is 7.09. The molecule has 17 heavy (non-hydrogen) atoms. The lowest BCUT2D eigenvalue weighted by molar-refractivity contribution is 0.629. The second-order valence-electron chi connectivity index (χ2n) is 3.38. The first-order valence-electron chi connectivity index (χ1n) is 5.40. The van der Waals surface area contributed by atoms with Gasteiger partial charge in [0.05, 0.1) is 7.05 Å². The van der Waals surface area contributed by atoms with Gasteiger partial charge in [-0.05, 0) is 29.5 Å². The molecule has 2 rings (SSSR count). The van der Waals surface area contributed by atoms with Crippen molar-refractivity contribution in [2.24, 2.45) is 14.1 Å². The van der Waals surface area contributed by atoms with Gasteiger partial charge < -0.3 is 0 Å². The summed E-state index contributed by atoms with van der Waals surface area (Å²) in [6.45, 7) is 7.90. The second-order valence-corrected chi connectivity index (χ2v) is 3.38. The van der Waals surface area contributed by atoms with Crippen LogP contribution >= 0.6 is 0 Å². The van der Waals surface area contributed by atoms with Crippen LogP contribution in [0.5, 0.6) is 0 Å². The highest BCUT2D eigenvalue weighted by molar-refractivity contribution is 4.69. The Morgan fingerprint density at radius 2 is 1.59 bits per heavy atom. The van der Waals surface area contributed by atoms with Gasteiger partial charge in [0.25, 0.3) is 0 Å². The highest BCUT2D eigenvalue weighted by atomic mass is 15.6. The molecule has 0 N–H and O–H groups in total. The van der Waals surface area contributed by atoms with Crippen LogP contribution in [0.2, 0.25) is 0 Å². The third-order valence-corrected chi connectivity index (χ3v) is 1.44. The highest BCUT2D eigenvalue weighted by Gasteiger charge is 1.87. The molecule has 2 aromatic heterocycles. The van der Waals surface area contributed by atoms with Gasteiger partial charge in [-0.15, -0.1) is 15.3 Å². The van der Waals surface area contributed by atoms with E-state index in [0.717, 1.165) is 5.82 Å². The van der Waals surface area contributed by atoms with E-state index in [-0.39, 0.29) is 0 Å². The van der Waals surface area contributed by atoms with Crippen LogP contribution in [0, 0.1) is 13.8 Å². The molecule has 0 amide bonds. The van der Waals surface area contributed by atoms with Crippen molar-refractivity contribution in [1.82, 2.24) is 40.4 Å². The van der Waals surface area contributed by atoms with E-state index in [2.05, 4.69) is 44.8 Å². The molecule has 0 unspecified atom stereocenters. The Morgan fingerprint density at radius 1 is 1.00 bits per heavy atom. The number of hydrogen-bond acceptors (Lipinski definition) is 6. The number of tetrazole rings is 2. The van der Waals surface area contributed by atoms with Crippen LogP contribution in [0.1, 0.15) is 31.9 Å². The fourth-order valence-electron chi connectivity index (χ4n) is 0.653. The van der Waals surface area contributed by atoms with Gasteiger partial charge in [0.2, 0.25) is 0 Å². The molecule has 0 bridgehead atoms. The van der Waals surface area contributed by atoms with Crippen molar-refractivity contribution in [3.8, 4) is 0 Å². The molecule has 0 aromatic carbocycles. The van der Waals surface area contributed by atoms with Gasteiger partial charge in [0.1, 0.15) is 5.82 Å². The molecule has 2 heterocycles. The summed E-state index contributed by atoms with van der Waals surface area (Å²) in [6.07, 6.45) is 1.25. The van der Waals surface area contributed by atoms with Crippen molar-refractivity contribution in [3.05, 3.63) is 11.6 Å². The largest absolute Gasteiger partial charge is 0.233 e. The quantitative estimate of drug-likeness (QED) is 0.664. The predicted octanol–water partition coefficient (Wildman–Crippen LogP) is 0.453. The van der Waals surface area contributed by atoms with E-state index in [9.17, 15) is 0 Å². The molecule has 0 saturated carbocycles. The second kappa shape index (κ2) is 8.31. The molecule has 0 spiro atoms. The van der Waals surface area contributed by atoms with E-state index in [1.165, 1.54) is 11.2 Å². The summed E-state index contributed by atoms with van der Waals surface area (Å²) in [5.74, 6) is 1.54. The van der Waals surface area contributed by atoms with Crippen molar-refractivity contribution < 1.29 is 0 Å². The molecule has 0 fully saturated rings. The Kier molecular flexibility index (Phi) is 7.40. The Balaban J connectivity index is 0.000000247. The van der Waals surface area contributed by atoms with Crippen LogP contribution in [0.3, 0.4) is 0 Å². The smallest absolute Gasteiger partial charge is 0.171 e. The average molecular weight is 240 g/mol. The number of aryl methyl sites for hydroxylation is 4. The number of hydrogen-bond donors (Lipinski definition) is 0. The van der Waals surface area contributed by atoms with Crippen molar-refractivity contribution in [1.29, 1.82) is 0 Å². The zero-order chi connectivity index (χ0) is 13.3. The van der Waals surface area contributed by atoms with E-state index >= 15 is 0 Å². The van der Waals surface area contributed by atoms with Crippen molar-refractivity contribution in [2.75, 3.05) is 0 Å². The van der Waals surface area contributed by atoms with Crippen LogP contribution in [-0.4, -0.2) is 40.4 Å². The monoisotopic (exact) mass is 240 g/mol. The van der Waals surface area contributed by atoms with Crippen LogP contribution in [0.4, 0.5) is 0 Å². The summed E-state index contributed by atoms with van der Waals surface area (Å²) in [5.41, 5.74) is 0. The fourth-order valence-corrected chi connectivity index (χ4v) is 0.653. The molecule has 8 heteroatoms. The predicted molar refractivity (Wildman–Crippen MR) is 63.0 cm³/mol. The molecule has 8 nitrogen and oxygen atoms in total. The maximum Gasteiger partial charge on any atom is 0.171 e. The molecule has 0 saturated heterocycles. The van der Waals surface area contributed by atoms with Crippen molar-refractivity contribution in [2.45, 2.75) is 34.1 Å². The van der Waals surface area contributed by atoms with Crippen LogP contribution < -0.4 is 0 Å². The van der Waals surface area contributed by atoms with Gasteiger partial charge >= 0.3 is 0 Å². The maximum atomic E-state index is 3.81. The van der Waals surface area contributed by atoms with Crippen LogP contribution in [0.15, 0.2) is 0 Å². The number of rotatable bonds is 0. The SMILES string of the molecule is CCC.Cc1nnn(C)n1.Cc1nnnn1C. The molecule has 0 aliphatic rings. The van der Waals surface area contributed by atoms with Gasteiger partial charge in [-0.2, -0.15) is 4.80 Å². The summed E-state index contributed by atoms with van der Waals surface area (Å²) in [5, 5.41) is 21.6. The van der Waals surface area contributed by atoms with E-state index in [1.54, 1.807) is 25.7 Å². The van der Waals surface area contributed by atoms with Gasteiger partial charge in [-0.3, -0.25) is 0 Å². The van der Waals surface area contributed by atoms with Crippen molar-refractivity contribution >= 4 is 0 Å². The number of nitrogens with zero attached hydrogens (tertiary/aromatic N) is 8. The fraction of sp³-hybridized carbons (Fsp3) is 0.778. The Morgan fingerprint density at radius 3 is 1.71 bits per heavy atom. The first-order valence-corrected chi connectivity index (χ1v) is 5.40. The van der Waals surface area contributed by atoms with Crippen LogP contribution in [-0.2, 0) is 14.1 Å². The van der Waals surface area contributed by atoms with Crippen LogP contribution in [0.25, 0.3) is 0 Å². The molecular formula is C9H20N8. The molecule has 2 aromatic rings. The van der Waals surface area contributed by atoms with E-state index in [1.807, 2.05) is 6.92 Å². The first kappa shape index (κ1) is 15.1. The first-order chi connectivity index (χ1) is 8.01. The molecule has 0 aliphatic heterocycles. The van der Waals surface area contributed by atoms with E-state index in [0.29, 0.717) is 5.82 Å². The molecule has 96 valence electrons. The van der Waals surface area contributed by atoms with E-state index in [4.69, 9.17) is 0 Å². The summed E-state index contributed by atoms with van der Waals surface area (Å²) >= 11 is 0. The average Bonchev–Trinajstić information content (AvgIpc) is 2.80. The van der Waals surface area contributed by atoms with Crippen molar-refractivity contribution in [3.63, 3.8) is 0 Å². The zero-order valence-corrected chi connectivity index (χ0v) is 11.3. The number of aromatic nitrogens is 8. The Hall–Kier alpha value is -1.86. The van der Waals surface area contributed by atoms with Gasteiger partial charge in [-0.1, -0.05) is 20.3 Å². The molecular weight excluding hydrogens is 220 g/mol. The van der Waals surface area contributed by atoms with Gasteiger partial charge in [0.15, 0.2) is 5.82 Å². The maximum absolute atomic E-state index is 3.81. The molecule has 0 atom stereocenters. The Labute approximate surface area is 101 Å². The lowest BCUT2D eigenvalue weighted by Gasteiger charge is -1.81. The Bertz CT molecular complexity index is 372. The summed E-state index contributed by atoms with van der Waals surface area (Å²) in [7, 11) is 3.54. The summed E-state index contributed by atoms with van der Waals surface area (Å²) in [4.78, 5) is 1.43. The minimum Gasteiger partial charge on any atom is -0.233 e. The van der Waals surface area contributed by atoms with E-state index < -0.39 is 0 Å². The summed E-state index contributed by atoms with van der Waals surface area (Å²) < 4.78 is 1.61. The normalized spacial score (nSPS) is 8.82. The molecule has 0 aliphatic carbocycles. The molecule has 0 radical (unpaired) electrons. The third-order valence-electron chi connectivity index (χ3n) is 1.44. The minimum absolute atomic E-state index is 0.711. The standard InChI is InChI=1S/2C3H6N4.C3H8/c1-3-4-5-6-7(3)2;1-3-4-6-7(2)5-3;1-3-2/h2*1-2H3;3H2,1-2H3. The zero-order valence-electron chi connectivity index (χ0n) is 11.3. The summed E-state index contributed by atoms with van der Waals surface area (Å²) in [6, 6.07) is 0. The lowest BCUT2D eigenvalue weighted by atomic mass is 10.6. The van der Waals surface area contributed by atoms with Gasteiger partial charge in [-0.25, -0.2) is 4.68 Å². The highest BCUT2D eigenvalue weighted by Crippen LogP contribution is 1.78. The minimum atomic E-state index is 0.711. The topological polar surface area (TPSA) is 87.2 Å². The van der Waals surface area contributed by atoms with Gasteiger partial charge in [0, 0.05) is 7.05 Å².